The van der Waals surface area contributed by atoms with Crippen molar-refractivity contribution in [2.75, 3.05) is 12.4 Å². The van der Waals surface area contributed by atoms with Crippen molar-refractivity contribution < 1.29 is 9.90 Å². The van der Waals surface area contributed by atoms with E-state index in [0.29, 0.717) is 6.42 Å². The van der Waals surface area contributed by atoms with Crippen LogP contribution >= 0.6 is 11.8 Å². The fraction of sp³-hybridized carbons (Fsp3) is 0.462. The summed E-state index contributed by atoms with van der Waals surface area (Å²) in [6.07, 6.45) is 1.47. The lowest BCUT2D eigenvalue weighted by molar-refractivity contribution is 0.0982. The normalized spacial score (nSPS) is 12.4. The first-order valence-electron chi connectivity index (χ1n) is 5.54. The first-order chi connectivity index (χ1) is 7.74. The van der Waals surface area contributed by atoms with E-state index in [0.717, 1.165) is 17.7 Å². The predicted octanol–water partition coefficient (Wildman–Crippen LogP) is 2.76. The molecule has 0 bridgehead atoms. The maximum Gasteiger partial charge on any atom is 0.162 e. The number of ketones is 1. The SMILES string of the molecule is CC(CO)SCCCC(=O)c1ccccc1. The smallest absolute Gasteiger partial charge is 0.162 e. The third kappa shape index (κ3) is 4.81. The van der Waals surface area contributed by atoms with Crippen molar-refractivity contribution in [2.24, 2.45) is 0 Å². The number of Topliss-reactive ketones (excluding diaryl/α,β-unsaturated/α-hetero) is 1. The average molecular weight is 238 g/mol. The Bertz CT molecular complexity index is 311. The van der Waals surface area contributed by atoms with Crippen molar-refractivity contribution in [1.29, 1.82) is 0 Å². The molecule has 2 nitrogen and oxygen atoms in total. The molecule has 0 amide bonds. The molecule has 0 aliphatic heterocycles. The van der Waals surface area contributed by atoms with E-state index in [1.54, 1.807) is 11.8 Å². The van der Waals surface area contributed by atoms with E-state index in [2.05, 4.69) is 0 Å². The standard InChI is InChI=1S/C13H18O2S/c1-11(10-14)16-9-5-8-13(15)12-6-3-2-4-7-12/h2-4,6-7,11,14H,5,8-10H2,1H3. The van der Waals surface area contributed by atoms with Gasteiger partial charge in [0.25, 0.3) is 0 Å². The van der Waals surface area contributed by atoms with Gasteiger partial charge in [-0.05, 0) is 12.2 Å². The van der Waals surface area contributed by atoms with Gasteiger partial charge in [-0.15, -0.1) is 0 Å². The largest absolute Gasteiger partial charge is 0.395 e. The minimum absolute atomic E-state index is 0.206. The molecule has 0 aliphatic carbocycles. The quantitative estimate of drug-likeness (QED) is 0.586. The summed E-state index contributed by atoms with van der Waals surface area (Å²) in [4.78, 5) is 11.7. The lowest BCUT2D eigenvalue weighted by Crippen LogP contribution is -2.04. The van der Waals surface area contributed by atoms with Crippen LogP contribution in [0.1, 0.15) is 30.1 Å². The molecular formula is C13H18O2S. The molecule has 88 valence electrons. The lowest BCUT2D eigenvalue weighted by Gasteiger charge is -2.06. The fourth-order valence-corrected chi connectivity index (χ4v) is 2.16. The number of aliphatic hydroxyl groups is 1. The van der Waals surface area contributed by atoms with Gasteiger partial charge in [0, 0.05) is 17.2 Å². The van der Waals surface area contributed by atoms with Gasteiger partial charge in [0.2, 0.25) is 0 Å². The molecule has 0 heterocycles. The molecule has 1 N–H and O–H groups in total. The Labute approximate surface area is 101 Å². The highest BCUT2D eigenvalue weighted by atomic mass is 32.2. The van der Waals surface area contributed by atoms with Crippen molar-refractivity contribution in [3.63, 3.8) is 0 Å². The van der Waals surface area contributed by atoms with E-state index in [4.69, 9.17) is 5.11 Å². The molecule has 1 aromatic rings. The first-order valence-corrected chi connectivity index (χ1v) is 6.59. The summed E-state index contributed by atoms with van der Waals surface area (Å²) in [6.45, 7) is 2.20. The van der Waals surface area contributed by atoms with Crippen LogP contribution < -0.4 is 0 Å². The van der Waals surface area contributed by atoms with Crippen LogP contribution in [0.15, 0.2) is 30.3 Å². The van der Waals surface area contributed by atoms with Crippen LogP contribution in [0.3, 0.4) is 0 Å². The summed E-state index contributed by atoms with van der Waals surface area (Å²) < 4.78 is 0. The van der Waals surface area contributed by atoms with Crippen molar-refractivity contribution >= 4 is 17.5 Å². The van der Waals surface area contributed by atoms with Gasteiger partial charge in [0.05, 0.1) is 6.61 Å². The van der Waals surface area contributed by atoms with Crippen molar-refractivity contribution in [1.82, 2.24) is 0 Å². The van der Waals surface area contributed by atoms with Crippen LogP contribution in [0.5, 0.6) is 0 Å². The summed E-state index contributed by atoms with van der Waals surface area (Å²) >= 11 is 1.71. The maximum absolute atomic E-state index is 11.7. The Morgan fingerprint density at radius 2 is 2.06 bits per heavy atom. The Morgan fingerprint density at radius 1 is 1.38 bits per heavy atom. The zero-order chi connectivity index (χ0) is 11.8. The Hall–Kier alpha value is -0.800. The zero-order valence-corrected chi connectivity index (χ0v) is 10.4. The van der Waals surface area contributed by atoms with Crippen LogP contribution in [-0.4, -0.2) is 28.5 Å². The number of carbonyl (C=O) groups is 1. The van der Waals surface area contributed by atoms with Gasteiger partial charge in [-0.1, -0.05) is 37.3 Å². The number of carbonyl (C=O) groups excluding carboxylic acids is 1. The fourth-order valence-electron chi connectivity index (χ4n) is 1.34. The van der Waals surface area contributed by atoms with E-state index < -0.39 is 0 Å². The number of rotatable bonds is 7. The Kier molecular flexibility index (Phi) is 6.19. The van der Waals surface area contributed by atoms with Gasteiger partial charge in [-0.25, -0.2) is 0 Å². The van der Waals surface area contributed by atoms with E-state index in [9.17, 15) is 4.79 Å². The number of thioether (sulfide) groups is 1. The molecule has 1 aromatic carbocycles. The molecule has 1 unspecified atom stereocenters. The number of hydrogen-bond donors (Lipinski definition) is 1. The topological polar surface area (TPSA) is 37.3 Å². The van der Waals surface area contributed by atoms with Crippen LogP contribution in [0.2, 0.25) is 0 Å². The van der Waals surface area contributed by atoms with Crippen molar-refractivity contribution in [2.45, 2.75) is 25.0 Å². The summed E-state index contributed by atoms with van der Waals surface area (Å²) in [5.41, 5.74) is 0.794. The van der Waals surface area contributed by atoms with Crippen LogP contribution in [0, 0.1) is 0 Å². The summed E-state index contributed by atoms with van der Waals surface area (Å²) in [7, 11) is 0. The summed E-state index contributed by atoms with van der Waals surface area (Å²) in [6, 6.07) is 9.39. The molecule has 3 heteroatoms. The van der Waals surface area contributed by atoms with Crippen LogP contribution in [0.4, 0.5) is 0 Å². The van der Waals surface area contributed by atoms with Crippen LogP contribution in [0.25, 0.3) is 0 Å². The van der Waals surface area contributed by atoms with E-state index in [1.807, 2.05) is 37.3 Å². The highest BCUT2D eigenvalue weighted by molar-refractivity contribution is 7.99. The number of aliphatic hydroxyl groups excluding tert-OH is 1. The minimum Gasteiger partial charge on any atom is -0.395 e. The van der Waals surface area contributed by atoms with Crippen LogP contribution in [-0.2, 0) is 0 Å². The van der Waals surface area contributed by atoms with Gasteiger partial charge in [0.15, 0.2) is 5.78 Å². The van der Waals surface area contributed by atoms with E-state index in [-0.39, 0.29) is 17.6 Å². The number of benzene rings is 1. The Morgan fingerprint density at radius 3 is 2.69 bits per heavy atom. The molecule has 1 atom stereocenters. The van der Waals surface area contributed by atoms with Gasteiger partial charge in [-0.3, -0.25) is 4.79 Å². The van der Waals surface area contributed by atoms with Gasteiger partial charge >= 0.3 is 0 Å². The van der Waals surface area contributed by atoms with Gasteiger partial charge in [-0.2, -0.15) is 11.8 Å². The minimum atomic E-state index is 0.206. The maximum atomic E-state index is 11.7. The van der Waals surface area contributed by atoms with Gasteiger partial charge < -0.3 is 5.11 Å². The molecule has 0 saturated heterocycles. The molecule has 0 spiro atoms. The number of hydrogen-bond acceptors (Lipinski definition) is 3. The summed E-state index contributed by atoms with van der Waals surface area (Å²) in [5.74, 6) is 1.14. The van der Waals surface area contributed by atoms with E-state index >= 15 is 0 Å². The average Bonchev–Trinajstić information content (AvgIpc) is 2.35. The molecule has 0 radical (unpaired) electrons. The lowest BCUT2D eigenvalue weighted by atomic mass is 10.1. The first kappa shape index (κ1) is 13.3. The monoisotopic (exact) mass is 238 g/mol. The molecule has 0 aromatic heterocycles. The highest BCUT2D eigenvalue weighted by Gasteiger charge is 2.05. The second kappa shape index (κ2) is 7.47. The molecule has 0 fully saturated rings. The molecule has 1 rings (SSSR count). The zero-order valence-electron chi connectivity index (χ0n) is 9.56. The third-order valence-corrected chi connectivity index (χ3v) is 3.55. The molecular weight excluding hydrogens is 220 g/mol. The Balaban J connectivity index is 2.21. The van der Waals surface area contributed by atoms with Crippen molar-refractivity contribution in [3.8, 4) is 0 Å². The van der Waals surface area contributed by atoms with Gasteiger partial charge in [0.1, 0.15) is 0 Å². The third-order valence-electron chi connectivity index (χ3n) is 2.30. The van der Waals surface area contributed by atoms with E-state index in [1.165, 1.54) is 0 Å². The second-order valence-corrected chi connectivity index (χ2v) is 5.30. The molecule has 0 saturated carbocycles. The molecule has 0 aliphatic rings. The summed E-state index contributed by atoms with van der Waals surface area (Å²) in [5, 5.41) is 9.10. The van der Waals surface area contributed by atoms with Crippen molar-refractivity contribution in [3.05, 3.63) is 35.9 Å². The predicted molar refractivity (Wildman–Crippen MR) is 69.0 cm³/mol. The second-order valence-electron chi connectivity index (χ2n) is 3.76. The molecule has 16 heavy (non-hydrogen) atoms. The highest BCUT2D eigenvalue weighted by Crippen LogP contribution is 2.13.